The first-order valence-corrected chi connectivity index (χ1v) is 7.58. The third kappa shape index (κ3) is 2.93. The highest BCUT2D eigenvalue weighted by atomic mass is 79.9. The summed E-state index contributed by atoms with van der Waals surface area (Å²) < 4.78 is 6.64. The first-order valence-electron chi connectivity index (χ1n) is 6.79. The average Bonchev–Trinajstić information content (AvgIpc) is 2.93. The first-order chi connectivity index (χ1) is 9.22. The molecule has 2 aromatic rings. The lowest BCUT2D eigenvalue weighted by Crippen LogP contribution is -2.36. The van der Waals surface area contributed by atoms with E-state index in [1.54, 1.807) is 6.26 Å². The topological polar surface area (TPSA) is 25.2 Å². The van der Waals surface area contributed by atoms with E-state index in [1.165, 1.54) is 22.0 Å². The Kier molecular flexibility index (Phi) is 3.76. The molecule has 0 spiro atoms. The molecule has 0 fully saturated rings. The maximum absolute atomic E-state index is 5.45. The number of rotatable bonds is 3. The van der Waals surface area contributed by atoms with E-state index in [0.717, 1.165) is 18.6 Å². The second-order valence-electron chi connectivity index (χ2n) is 5.26. The van der Waals surface area contributed by atoms with E-state index < -0.39 is 0 Å². The molecule has 1 aromatic heterocycles. The molecule has 0 amide bonds. The molecule has 1 aromatic carbocycles. The van der Waals surface area contributed by atoms with Crippen LogP contribution in [-0.2, 0) is 12.8 Å². The van der Waals surface area contributed by atoms with Crippen LogP contribution in [-0.4, -0.2) is 6.04 Å². The van der Waals surface area contributed by atoms with Crippen molar-refractivity contribution in [3.05, 3.63) is 58.0 Å². The molecule has 3 rings (SSSR count). The van der Waals surface area contributed by atoms with E-state index >= 15 is 0 Å². The molecule has 0 saturated heterocycles. The highest BCUT2D eigenvalue weighted by Crippen LogP contribution is 2.26. The van der Waals surface area contributed by atoms with Crippen LogP contribution in [0.3, 0.4) is 0 Å². The molecule has 2 nitrogen and oxygen atoms in total. The van der Waals surface area contributed by atoms with Crippen molar-refractivity contribution in [2.45, 2.75) is 38.3 Å². The zero-order chi connectivity index (χ0) is 13.2. The summed E-state index contributed by atoms with van der Waals surface area (Å²) in [7, 11) is 0. The molecule has 2 atom stereocenters. The number of furan rings is 1. The van der Waals surface area contributed by atoms with Gasteiger partial charge in [0.15, 0.2) is 0 Å². The Morgan fingerprint density at radius 2 is 2.21 bits per heavy atom. The Morgan fingerprint density at radius 1 is 1.32 bits per heavy atom. The van der Waals surface area contributed by atoms with Gasteiger partial charge in [-0.1, -0.05) is 22.0 Å². The second kappa shape index (κ2) is 5.51. The van der Waals surface area contributed by atoms with Crippen LogP contribution in [0.5, 0.6) is 0 Å². The lowest BCUT2D eigenvalue weighted by Gasteiger charge is -2.28. The van der Waals surface area contributed by atoms with Crippen LogP contribution < -0.4 is 5.32 Å². The van der Waals surface area contributed by atoms with E-state index in [-0.39, 0.29) is 6.04 Å². The Morgan fingerprint density at radius 3 is 3.00 bits per heavy atom. The molecule has 1 N–H and O–H groups in total. The molecule has 19 heavy (non-hydrogen) atoms. The van der Waals surface area contributed by atoms with Crippen LogP contribution >= 0.6 is 15.9 Å². The van der Waals surface area contributed by atoms with Crippen molar-refractivity contribution in [1.29, 1.82) is 0 Å². The Bertz CT molecular complexity index is 550. The molecule has 100 valence electrons. The van der Waals surface area contributed by atoms with Gasteiger partial charge in [-0.25, -0.2) is 0 Å². The van der Waals surface area contributed by atoms with Gasteiger partial charge in [0.2, 0.25) is 0 Å². The number of benzene rings is 1. The van der Waals surface area contributed by atoms with Crippen molar-refractivity contribution < 1.29 is 4.42 Å². The third-order valence-corrected chi connectivity index (χ3v) is 4.35. The molecule has 0 bridgehead atoms. The smallest absolute Gasteiger partial charge is 0.120 e. The minimum Gasteiger partial charge on any atom is -0.468 e. The molecular weight excluding hydrogens is 302 g/mol. The standard InChI is InChI=1S/C16H18BrNO/c1-11(16-3-2-8-19-16)18-15-7-5-12-9-14(17)6-4-13(12)10-15/h2-4,6,8-9,11,15,18H,5,7,10H2,1H3. The summed E-state index contributed by atoms with van der Waals surface area (Å²) in [5.74, 6) is 1.02. The van der Waals surface area contributed by atoms with Gasteiger partial charge in [-0.3, -0.25) is 0 Å². The summed E-state index contributed by atoms with van der Waals surface area (Å²) >= 11 is 3.54. The number of fused-ring (bicyclic) bond motifs is 1. The monoisotopic (exact) mass is 319 g/mol. The largest absolute Gasteiger partial charge is 0.468 e. The summed E-state index contributed by atoms with van der Waals surface area (Å²) in [6.07, 6.45) is 5.18. The van der Waals surface area contributed by atoms with Gasteiger partial charge in [-0.2, -0.15) is 0 Å². The second-order valence-corrected chi connectivity index (χ2v) is 6.17. The number of nitrogens with one attached hydrogen (secondary N) is 1. The average molecular weight is 320 g/mol. The molecule has 3 heteroatoms. The van der Waals surface area contributed by atoms with E-state index in [9.17, 15) is 0 Å². The molecule has 2 unspecified atom stereocenters. The maximum Gasteiger partial charge on any atom is 0.120 e. The van der Waals surface area contributed by atoms with Gasteiger partial charge in [0.1, 0.15) is 5.76 Å². The van der Waals surface area contributed by atoms with Crippen LogP contribution in [0.1, 0.15) is 36.3 Å². The molecule has 1 aliphatic carbocycles. The lowest BCUT2D eigenvalue weighted by molar-refractivity contribution is 0.366. The summed E-state index contributed by atoms with van der Waals surface area (Å²) in [6.45, 7) is 2.16. The van der Waals surface area contributed by atoms with Gasteiger partial charge in [0.05, 0.1) is 12.3 Å². The summed E-state index contributed by atoms with van der Waals surface area (Å²) in [5.41, 5.74) is 2.96. The predicted octanol–water partition coefficient (Wildman–Crippen LogP) is 4.25. The van der Waals surface area contributed by atoms with Gasteiger partial charge < -0.3 is 9.73 Å². The van der Waals surface area contributed by atoms with Crippen molar-refractivity contribution in [2.24, 2.45) is 0 Å². The van der Waals surface area contributed by atoms with Crippen LogP contribution in [0.2, 0.25) is 0 Å². The van der Waals surface area contributed by atoms with Gasteiger partial charge >= 0.3 is 0 Å². The fourth-order valence-electron chi connectivity index (χ4n) is 2.84. The fraction of sp³-hybridized carbons (Fsp3) is 0.375. The molecule has 0 saturated carbocycles. The first kappa shape index (κ1) is 12.9. The van der Waals surface area contributed by atoms with Crippen molar-refractivity contribution in [2.75, 3.05) is 0 Å². The fourth-order valence-corrected chi connectivity index (χ4v) is 3.25. The van der Waals surface area contributed by atoms with Gasteiger partial charge in [0.25, 0.3) is 0 Å². The van der Waals surface area contributed by atoms with Crippen LogP contribution in [0.25, 0.3) is 0 Å². The third-order valence-electron chi connectivity index (χ3n) is 3.85. The summed E-state index contributed by atoms with van der Waals surface area (Å²) in [6, 6.07) is 11.4. The summed E-state index contributed by atoms with van der Waals surface area (Å²) in [5, 5.41) is 3.67. The number of halogens is 1. The van der Waals surface area contributed by atoms with Crippen LogP contribution in [0.4, 0.5) is 0 Å². The summed E-state index contributed by atoms with van der Waals surface area (Å²) in [4.78, 5) is 0. The zero-order valence-corrected chi connectivity index (χ0v) is 12.6. The van der Waals surface area contributed by atoms with Crippen LogP contribution in [0.15, 0.2) is 45.5 Å². The van der Waals surface area contributed by atoms with E-state index in [1.807, 2.05) is 12.1 Å². The highest BCUT2D eigenvalue weighted by Gasteiger charge is 2.21. The SMILES string of the molecule is CC(NC1CCc2cc(Br)ccc2C1)c1ccco1. The zero-order valence-electron chi connectivity index (χ0n) is 11.0. The van der Waals surface area contributed by atoms with Crippen molar-refractivity contribution >= 4 is 15.9 Å². The van der Waals surface area contributed by atoms with Crippen molar-refractivity contribution in [1.82, 2.24) is 5.32 Å². The molecule has 0 aliphatic heterocycles. The van der Waals surface area contributed by atoms with E-state index in [4.69, 9.17) is 4.42 Å². The minimum absolute atomic E-state index is 0.275. The Balaban J connectivity index is 1.67. The van der Waals surface area contributed by atoms with Gasteiger partial charge in [-0.05, 0) is 61.6 Å². The van der Waals surface area contributed by atoms with Gasteiger partial charge in [-0.15, -0.1) is 0 Å². The molecule has 1 aliphatic rings. The van der Waals surface area contributed by atoms with Crippen molar-refractivity contribution in [3.63, 3.8) is 0 Å². The number of hydrogen-bond donors (Lipinski definition) is 1. The minimum atomic E-state index is 0.275. The Hall–Kier alpha value is -1.06. The quantitative estimate of drug-likeness (QED) is 0.914. The number of aryl methyl sites for hydroxylation is 1. The van der Waals surface area contributed by atoms with E-state index in [0.29, 0.717) is 6.04 Å². The number of hydrogen-bond acceptors (Lipinski definition) is 2. The van der Waals surface area contributed by atoms with Crippen LogP contribution in [0, 0.1) is 0 Å². The van der Waals surface area contributed by atoms with E-state index in [2.05, 4.69) is 46.4 Å². The van der Waals surface area contributed by atoms with Gasteiger partial charge in [0, 0.05) is 10.5 Å². The maximum atomic E-state index is 5.45. The Labute approximate surface area is 122 Å². The molecule has 0 radical (unpaired) electrons. The lowest BCUT2D eigenvalue weighted by atomic mass is 9.88. The normalized spacial score (nSPS) is 20.0. The molecular formula is C16H18BrNO. The van der Waals surface area contributed by atoms with Crippen molar-refractivity contribution in [3.8, 4) is 0 Å². The molecule has 1 heterocycles. The predicted molar refractivity (Wildman–Crippen MR) is 80.2 cm³/mol. The highest BCUT2D eigenvalue weighted by molar-refractivity contribution is 9.10.